The number of fused-ring (bicyclic) bond motifs is 2. The minimum Gasteiger partial charge on any atom is -0.478 e. The molecule has 12 N–H and O–H groups in total. The molecular formula is C22H32N4O10S2. The third-order valence-corrected chi connectivity index (χ3v) is 7.68. The molecule has 0 saturated heterocycles. The number of carboxylic acids is 2. The molecule has 0 aromatic heterocycles. The first kappa shape index (κ1) is 34.8. The van der Waals surface area contributed by atoms with Gasteiger partial charge in [-0.05, 0) is 22.3 Å². The zero-order valence-electron chi connectivity index (χ0n) is 20.1. The average molecular weight is 577 g/mol. The van der Waals surface area contributed by atoms with Gasteiger partial charge in [-0.1, -0.05) is 48.5 Å². The maximum absolute atomic E-state index is 11.3. The lowest BCUT2D eigenvalue weighted by atomic mass is 10.0. The lowest BCUT2D eigenvalue weighted by Gasteiger charge is -2.24. The standard InChI is InChI=1S/2C9H12N2O2S.C4H4O4.2H2O/c2*10-14(12,13)9-6-11-5-7-3-1-2-4-8(7)9;5-3(6)1-2-4(7)8;;/h2*1-4,9,11H,5-6H2,(H2,10,12,13);1-2H,(H,5,6)(H,7,8);2*1H2/b;;2-1+;;. The van der Waals surface area contributed by atoms with Crippen LogP contribution in [0.3, 0.4) is 0 Å². The number of nitrogens with two attached hydrogens (primary N) is 2. The zero-order valence-corrected chi connectivity index (χ0v) is 21.7. The van der Waals surface area contributed by atoms with E-state index < -0.39 is 42.5 Å². The van der Waals surface area contributed by atoms with E-state index in [-0.39, 0.29) is 11.0 Å². The second kappa shape index (κ2) is 15.3. The molecule has 2 aromatic rings. The van der Waals surface area contributed by atoms with Crippen molar-refractivity contribution in [2.24, 2.45) is 10.3 Å². The Bertz CT molecular complexity index is 1230. The Morgan fingerprint density at radius 3 is 1.32 bits per heavy atom. The van der Waals surface area contributed by atoms with Crippen molar-refractivity contribution in [3.05, 3.63) is 82.9 Å². The highest BCUT2D eigenvalue weighted by Crippen LogP contribution is 2.27. The van der Waals surface area contributed by atoms with E-state index in [4.69, 9.17) is 20.5 Å². The van der Waals surface area contributed by atoms with Gasteiger partial charge >= 0.3 is 11.9 Å². The van der Waals surface area contributed by atoms with Gasteiger partial charge in [0, 0.05) is 38.3 Å². The second-order valence-electron chi connectivity index (χ2n) is 7.82. The third kappa shape index (κ3) is 10.6. The van der Waals surface area contributed by atoms with Crippen molar-refractivity contribution in [3.63, 3.8) is 0 Å². The van der Waals surface area contributed by atoms with Crippen LogP contribution in [0.1, 0.15) is 32.8 Å². The summed E-state index contributed by atoms with van der Waals surface area (Å²) in [4.78, 5) is 19.1. The van der Waals surface area contributed by atoms with Crippen LogP contribution >= 0.6 is 0 Å². The van der Waals surface area contributed by atoms with Gasteiger partial charge < -0.3 is 31.8 Å². The Balaban J connectivity index is 0.000000549. The van der Waals surface area contributed by atoms with Crippen molar-refractivity contribution < 1.29 is 47.6 Å². The Kier molecular flexibility index (Phi) is 14.0. The fourth-order valence-electron chi connectivity index (χ4n) is 3.64. The van der Waals surface area contributed by atoms with Crippen LogP contribution in [-0.4, -0.2) is 63.0 Å². The normalized spacial score (nSPS) is 17.9. The zero-order chi connectivity index (χ0) is 26.9. The van der Waals surface area contributed by atoms with Crippen molar-refractivity contribution in [1.29, 1.82) is 0 Å². The first-order chi connectivity index (χ1) is 16.8. The van der Waals surface area contributed by atoms with Crippen LogP contribution < -0.4 is 20.9 Å². The number of carboxylic acid groups (broad SMARTS) is 2. The van der Waals surface area contributed by atoms with Crippen LogP contribution in [0.5, 0.6) is 0 Å². The van der Waals surface area contributed by atoms with Crippen molar-refractivity contribution >= 4 is 32.0 Å². The number of hydrogen-bond donors (Lipinski definition) is 6. The van der Waals surface area contributed by atoms with Gasteiger partial charge in [-0.15, -0.1) is 0 Å². The number of primary sulfonamides is 2. The number of rotatable bonds is 4. The quantitative estimate of drug-likeness (QED) is 0.224. The van der Waals surface area contributed by atoms with E-state index in [1.165, 1.54) is 0 Å². The highest BCUT2D eigenvalue weighted by Gasteiger charge is 2.29. The molecule has 0 saturated carbocycles. The number of carbonyl (C=O) groups is 2. The van der Waals surface area contributed by atoms with Gasteiger partial charge in [0.25, 0.3) is 0 Å². The van der Waals surface area contributed by atoms with E-state index in [2.05, 4.69) is 10.6 Å². The van der Waals surface area contributed by atoms with Crippen LogP contribution in [0, 0.1) is 0 Å². The summed E-state index contributed by atoms with van der Waals surface area (Å²) in [5.41, 5.74) is 3.68. The molecular weight excluding hydrogens is 544 g/mol. The summed E-state index contributed by atoms with van der Waals surface area (Å²) in [6.45, 7) is 2.22. The van der Waals surface area contributed by atoms with Crippen molar-refractivity contribution in [2.75, 3.05) is 13.1 Å². The molecule has 4 rings (SSSR count). The van der Waals surface area contributed by atoms with Crippen LogP contribution in [0.4, 0.5) is 0 Å². The Morgan fingerprint density at radius 1 is 0.711 bits per heavy atom. The average Bonchev–Trinajstić information content (AvgIpc) is 2.81. The molecule has 212 valence electrons. The molecule has 2 aromatic carbocycles. The molecule has 16 heteroatoms. The molecule has 2 heterocycles. The number of benzene rings is 2. The Labute approximate surface area is 220 Å². The largest absolute Gasteiger partial charge is 0.478 e. The topological polar surface area (TPSA) is 282 Å². The first-order valence-corrected chi connectivity index (χ1v) is 13.8. The van der Waals surface area contributed by atoms with E-state index in [0.717, 1.165) is 22.3 Å². The monoisotopic (exact) mass is 576 g/mol. The van der Waals surface area contributed by atoms with E-state index in [9.17, 15) is 26.4 Å². The molecule has 2 atom stereocenters. The fraction of sp³-hybridized carbons (Fsp3) is 0.273. The minimum absolute atomic E-state index is 0. The lowest BCUT2D eigenvalue weighted by Crippen LogP contribution is -2.35. The summed E-state index contributed by atoms with van der Waals surface area (Å²) in [6, 6.07) is 14.9. The SMILES string of the molecule is NS(=O)(=O)C1CNCc2ccccc21.NS(=O)(=O)C1CNCc2ccccc21.O.O.O=C(O)/C=C/C(=O)O. The predicted octanol–water partition coefficient (Wildman–Crippen LogP) is -1.70. The van der Waals surface area contributed by atoms with Crippen LogP contribution in [0.2, 0.25) is 0 Å². The van der Waals surface area contributed by atoms with E-state index in [1.807, 2.05) is 48.5 Å². The molecule has 0 amide bonds. The molecule has 14 nitrogen and oxygen atoms in total. The Morgan fingerprint density at radius 2 is 1.03 bits per heavy atom. The van der Waals surface area contributed by atoms with Gasteiger partial charge in [-0.25, -0.2) is 36.7 Å². The van der Waals surface area contributed by atoms with Gasteiger partial charge in [-0.2, -0.15) is 0 Å². The second-order valence-corrected chi connectivity index (χ2v) is 11.3. The third-order valence-electron chi connectivity index (χ3n) is 5.26. The fourth-order valence-corrected chi connectivity index (χ4v) is 5.51. The highest BCUT2D eigenvalue weighted by atomic mass is 32.2. The summed E-state index contributed by atoms with van der Waals surface area (Å²) in [5, 5.41) is 30.8. The predicted molar refractivity (Wildman–Crippen MR) is 140 cm³/mol. The molecule has 0 radical (unpaired) electrons. The minimum atomic E-state index is -3.50. The summed E-state index contributed by atoms with van der Waals surface area (Å²) < 4.78 is 45.1. The van der Waals surface area contributed by atoms with Crippen molar-refractivity contribution in [2.45, 2.75) is 23.6 Å². The van der Waals surface area contributed by atoms with Gasteiger partial charge in [-0.3, -0.25) is 0 Å². The molecule has 38 heavy (non-hydrogen) atoms. The molecule has 2 aliphatic rings. The summed E-state index contributed by atoms with van der Waals surface area (Å²) in [7, 11) is -7.00. The number of sulfonamides is 2. The van der Waals surface area contributed by atoms with Gasteiger partial charge in [0.05, 0.1) is 0 Å². The molecule has 0 aliphatic carbocycles. The maximum Gasteiger partial charge on any atom is 0.328 e. The highest BCUT2D eigenvalue weighted by molar-refractivity contribution is 7.89. The number of aliphatic carboxylic acids is 2. The molecule has 0 bridgehead atoms. The Hall–Kier alpha value is -3.22. The molecule has 0 fully saturated rings. The molecule has 2 unspecified atom stereocenters. The first-order valence-electron chi connectivity index (χ1n) is 10.5. The van der Waals surface area contributed by atoms with Gasteiger partial charge in [0.2, 0.25) is 20.0 Å². The van der Waals surface area contributed by atoms with Crippen molar-refractivity contribution in [1.82, 2.24) is 10.6 Å². The molecule has 0 spiro atoms. The number of hydrogen-bond acceptors (Lipinski definition) is 8. The summed E-state index contributed by atoms with van der Waals surface area (Å²) >= 11 is 0. The van der Waals surface area contributed by atoms with E-state index >= 15 is 0 Å². The van der Waals surface area contributed by atoms with E-state index in [1.54, 1.807) is 0 Å². The smallest absolute Gasteiger partial charge is 0.328 e. The lowest BCUT2D eigenvalue weighted by molar-refractivity contribution is -0.134. The van der Waals surface area contributed by atoms with E-state index in [0.29, 0.717) is 38.3 Å². The summed E-state index contributed by atoms with van der Waals surface area (Å²) in [6.07, 6.45) is 1.12. The van der Waals surface area contributed by atoms with Crippen LogP contribution in [-0.2, 0) is 42.7 Å². The van der Waals surface area contributed by atoms with Crippen LogP contribution in [0.15, 0.2) is 60.7 Å². The van der Waals surface area contributed by atoms with Crippen LogP contribution in [0.25, 0.3) is 0 Å². The van der Waals surface area contributed by atoms with Gasteiger partial charge in [0.15, 0.2) is 0 Å². The number of nitrogens with one attached hydrogen (secondary N) is 2. The maximum atomic E-state index is 11.3. The van der Waals surface area contributed by atoms with Crippen molar-refractivity contribution in [3.8, 4) is 0 Å². The summed E-state index contributed by atoms with van der Waals surface area (Å²) in [5.74, 6) is -2.51. The molecule has 2 aliphatic heterocycles. The van der Waals surface area contributed by atoms with Gasteiger partial charge in [0.1, 0.15) is 10.5 Å².